The number of hydrogen-bond acceptors (Lipinski definition) is 11. The molecule has 0 aliphatic carbocycles. The van der Waals surface area contributed by atoms with Crippen molar-refractivity contribution < 1.29 is 50.0 Å². The van der Waals surface area contributed by atoms with Crippen molar-refractivity contribution in [3.63, 3.8) is 0 Å². The average Bonchev–Trinajstić information content (AvgIpc) is 2.55. The number of ether oxygens (including phenoxy) is 3. The molecule has 0 aromatic heterocycles. The second kappa shape index (κ2) is 7.63. The standard InChI is InChI=1S/C12H23NO10/c13-5-8(18)6(16)3(1-14)21-11(5)23-12-10(20)9(19)7(17)4(2-15)22-12/h3-12,14-20H,1-2,13H2/t3-,4-,5-,6-,7+,8-,9+,10-,11+,12-/m1/s1. The summed E-state index contributed by atoms with van der Waals surface area (Å²) >= 11 is 0. The summed E-state index contributed by atoms with van der Waals surface area (Å²) in [7, 11) is 0. The third kappa shape index (κ3) is 3.65. The van der Waals surface area contributed by atoms with Gasteiger partial charge in [-0.15, -0.1) is 0 Å². The lowest BCUT2D eigenvalue weighted by Crippen LogP contribution is -2.65. The molecule has 2 saturated heterocycles. The van der Waals surface area contributed by atoms with E-state index in [-0.39, 0.29) is 0 Å². The van der Waals surface area contributed by atoms with Crippen molar-refractivity contribution in [2.45, 2.75) is 61.3 Å². The minimum atomic E-state index is -1.67. The van der Waals surface area contributed by atoms with Crippen LogP contribution < -0.4 is 5.73 Å². The predicted octanol–water partition coefficient (Wildman–Crippen LogP) is -5.43. The molecule has 10 atom stereocenters. The van der Waals surface area contributed by atoms with Gasteiger partial charge in [0.05, 0.1) is 19.3 Å². The topological polar surface area (TPSA) is 195 Å². The van der Waals surface area contributed by atoms with Crippen LogP contribution in [0.15, 0.2) is 0 Å². The quantitative estimate of drug-likeness (QED) is 0.243. The highest BCUT2D eigenvalue weighted by Gasteiger charge is 2.48. The normalized spacial score (nSPS) is 51.7. The van der Waals surface area contributed by atoms with Crippen molar-refractivity contribution in [3.05, 3.63) is 0 Å². The SMILES string of the molecule is N[C@H]1[C@H](O[C@H]2O[C@H](CO)[C@H](O)[C@H](O)[C@H]2O)O[C@H](CO)[C@@H](O)[C@@H]1O. The predicted molar refractivity (Wildman–Crippen MR) is 70.6 cm³/mol. The van der Waals surface area contributed by atoms with Crippen molar-refractivity contribution in [1.82, 2.24) is 0 Å². The van der Waals surface area contributed by atoms with Crippen LogP contribution in [-0.4, -0.2) is 110 Å². The molecule has 136 valence electrons. The fourth-order valence-electron chi connectivity index (χ4n) is 2.54. The molecule has 11 nitrogen and oxygen atoms in total. The van der Waals surface area contributed by atoms with E-state index in [1.165, 1.54) is 0 Å². The van der Waals surface area contributed by atoms with Crippen LogP contribution in [0.2, 0.25) is 0 Å². The third-order valence-electron chi connectivity index (χ3n) is 4.05. The maximum atomic E-state index is 9.88. The van der Waals surface area contributed by atoms with Crippen molar-refractivity contribution >= 4 is 0 Å². The lowest BCUT2D eigenvalue weighted by molar-refractivity contribution is -0.361. The van der Waals surface area contributed by atoms with Gasteiger partial charge in [0, 0.05) is 0 Å². The van der Waals surface area contributed by atoms with Gasteiger partial charge in [-0.25, -0.2) is 0 Å². The summed E-state index contributed by atoms with van der Waals surface area (Å²) in [5.74, 6) is 0. The molecular formula is C12H23NO10. The highest BCUT2D eigenvalue weighted by molar-refractivity contribution is 4.93. The fraction of sp³-hybridized carbons (Fsp3) is 1.00. The van der Waals surface area contributed by atoms with Crippen LogP contribution in [0.25, 0.3) is 0 Å². The Morgan fingerprint density at radius 1 is 0.696 bits per heavy atom. The van der Waals surface area contributed by atoms with Crippen LogP contribution in [-0.2, 0) is 14.2 Å². The van der Waals surface area contributed by atoms with E-state index in [4.69, 9.17) is 30.2 Å². The van der Waals surface area contributed by atoms with Gasteiger partial charge < -0.3 is 55.7 Å². The van der Waals surface area contributed by atoms with Gasteiger partial charge in [0.15, 0.2) is 12.6 Å². The molecule has 0 aromatic rings. The second-order valence-electron chi connectivity index (χ2n) is 5.62. The molecule has 0 spiro atoms. The van der Waals surface area contributed by atoms with E-state index < -0.39 is 74.6 Å². The maximum Gasteiger partial charge on any atom is 0.189 e. The lowest BCUT2D eigenvalue weighted by Gasteiger charge is -2.45. The van der Waals surface area contributed by atoms with Gasteiger partial charge in [-0.2, -0.15) is 0 Å². The maximum absolute atomic E-state index is 9.88. The highest BCUT2D eigenvalue weighted by atomic mass is 16.8. The van der Waals surface area contributed by atoms with E-state index in [2.05, 4.69) is 0 Å². The van der Waals surface area contributed by atoms with Crippen LogP contribution in [0.3, 0.4) is 0 Å². The Labute approximate surface area is 131 Å². The molecule has 0 aromatic carbocycles. The summed E-state index contributed by atoms with van der Waals surface area (Å²) in [5.41, 5.74) is 5.68. The summed E-state index contributed by atoms with van der Waals surface area (Å²) < 4.78 is 15.6. The first-order valence-corrected chi connectivity index (χ1v) is 7.15. The zero-order valence-electron chi connectivity index (χ0n) is 12.1. The van der Waals surface area contributed by atoms with Crippen LogP contribution in [0, 0.1) is 0 Å². The molecule has 9 N–H and O–H groups in total. The van der Waals surface area contributed by atoms with E-state index in [9.17, 15) is 25.5 Å². The van der Waals surface area contributed by atoms with E-state index in [0.717, 1.165) is 0 Å². The fourth-order valence-corrected chi connectivity index (χ4v) is 2.54. The van der Waals surface area contributed by atoms with Crippen LogP contribution in [0.5, 0.6) is 0 Å². The Hall–Kier alpha value is -0.440. The number of rotatable bonds is 4. The minimum Gasteiger partial charge on any atom is -0.394 e. The van der Waals surface area contributed by atoms with E-state index >= 15 is 0 Å². The van der Waals surface area contributed by atoms with Gasteiger partial charge in [-0.05, 0) is 0 Å². The van der Waals surface area contributed by atoms with Crippen molar-refractivity contribution in [2.75, 3.05) is 13.2 Å². The van der Waals surface area contributed by atoms with E-state index in [1.54, 1.807) is 0 Å². The second-order valence-corrected chi connectivity index (χ2v) is 5.62. The molecule has 0 amide bonds. The van der Waals surface area contributed by atoms with E-state index in [1.807, 2.05) is 0 Å². The van der Waals surface area contributed by atoms with Gasteiger partial charge in [0.1, 0.15) is 42.7 Å². The first-order chi connectivity index (χ1) is 10.8. The largest absolute Gasteiger partial charge is 0.394 e. The van der Waals surface area contributed by atoms with Gasteiger partial charge in [0.25, 0.3) is 0 Å². The summed E-state index contributed by atoms with van der Waals surface area (Å²) in [4.78, 5) is 0. The first kappa shape index (κ1) is 18.9. The molecule has 2 aliphatic rings. The summed E-state index contributed by atoms with van der Waals surface area (Å²) in [6.07, 6.45) is -13.0. The van der Waals surface area contributed by atoms with Crippen molar-refractivity contribution in [3.8, 4) is 0 Å². The molecular weight excluding hydrogens is 318 g/mol. The molecule has 23 heavy (non-hydrogen) atoms. The Bertz CT molecular complexity index is 349. The van der Waals surface area contributed by atoms with Crippen LogP contribution in [0.4, 0.5) is 0 Å². The molecule has 0 saturated carbocycles. The molecule has 11 heteroatoms. The van der Waals surface area contributed by atoms with E-state index in [0.29, 0.717) is 0 Å². The van der Waals surface area contributed by atoms with Gasteiger partial charge in [-0.1, -0.05) is 0 Å². The van der Waals surface area contributed by atoms with Crippen molar-refractivity contribution in [1.29, 1.82) is 0 Å². The van der Waals surface area contributed by atoms with Gasteiger partial charge in [0.2, 0.25) is 0 Å². The Balaban J connectivity index is 2.07. The molecule has 0 radical (unpaired) electrons. The van der Waals surface area contributed by atoms with Crippen LogP contribution in [0.1, 0.15) is 0 Å². The average molecular weight is 341 g/mol. The Kier molecular flexibility index (Phi) is 6.27. The molecule has 0 unspecified atom stereocenters. The zero-order valence-corrected chi connectivity index (χ0v) is 12.1. The highest BCUT2D eigenvalue weighted by Crippen LogP contribution is 2.27. The van der Waals surface area contributed by atoms with Crippen LogP contribution >= 0.6 is 0 Å². The monoisotopic (exact) mass is 341 g/mol. The molecule has 2 heterocycles. The molecule has 2 fully saturated rings. The smallest absolute Gasteiger partial charge is 0.189 e. The minimum absolute atomic E-state index is 0.612. The number of aliphatic hydroxyl groups excluding tert-OH is 7. The van der Waals surface area contributed by atoms with Gasteiger partial charge >= 0.3 is 0 Å². The van der Waals surface area contributed by atoms with Crippen molar-refractivity contribution in [2.24, 2.45) is 5.73 Å². The summed E-state index contributed by atoms with van der Waals surface area (Å²) in [5, 5.41) is 67.0. The Morgan fingerprint density at radius 2 is 1.17 bits per heavy atom. The number of nitrogens with two attached hydrogens (primary N) is 1. The summed E-state index contributed by atoms with van der Waals surface area (Å²) in [6, 6.07) is -1.22. The Morgan fingerprint density at radius 3 is 1.70 bits per heavy atom. The first-order valence-electron chi connectivity index (χ1n) is 7.15. The third-order valence-corrected chi connectivity index (χ3v) is 4.05. The molecule has 0 bridgehead atoms. The number of hydrogen-bond donors (Lipinski definition) is 8. The number of aliphatic hydroxyl groups is 7. The lowest BCUT2D eigenvalue weighted by atomic mass is 9.97. The summed E-state index contributed by atoms with van der Waals surface area (Å²) in [6.45, 7) is -1.25. The molecule has 2 rings (SSSR count). The van der Waals surface area contributed by atoms with Gasteiger partial charge in [-0.3, -0.25) is 0 Å². The zero-order chi connectivity index (χ0) is 17.3. The molecule has 2 aliphatic heterocycles.